The molecule has 24 heavy (non-hydrogen) atoms. The van der Waals surface area contributed by atoms with E-state index in [1.165, 1.54) is 6.08 Å². The quantitative estimate of drug-likeness (QED) is 0.776. The molecule has 1 unspecified atom stereocenters. The molecule has 2 aliphatic rings. The third-order valence-corrected chi connectivity index (χ3v) is 5.57. The maximum atomic E-state index is 12.1. The lowest BCUT2D eigenvalue weighted by atomic mass is 10.1. The second kappa shape index (κ2) is 6.25. The molecule has 0 aromatic heterocycles. The number of thioether (sulfide) groups is 1. The van der Waals surface area contributed by atoms with Gasteiger partial charge in [0.1, 0.15) is 0 Å². The van der Waals surface area contributed by atoms with E-state index in [-0.39, 0.29) is 11.7 Å². The number of sulfone groups is 1. The van der Waals surface area contributed by atoms with Crippen LogP contribution in [0.2, 0.25) is 0 Å². The van der Waals surface area contributed by atoms with Crippen LogP contribution in [0.5, 0.6) is 0 Å². The molecule has 9 heteroatoms. The Morgan fingerprint density at radius 1 is 1.25 bits per heavy atom. The van der Waals surface area contributed by atoms with Gasteiger partial charge in [-0.2, -0.15) is 0 Å². The fourth-order valence-electron chi connectivity index (χ4n) is 2.22. The van der Waals surface area contributed by atoms with Crippen molar-refractivity contribution in [3.05, 3.63) is 51.8 Å². The standard InChI is InChI=1S/C15H12N2O5S2/c18-13(16-11-5-6-24(21,22)8-11)10-3-1-9(2-4-10)7-12-14(19)17-15(20)23-12/h1-7,11H,8H2,(H,16,18)(H,17,19,20). The monoisotopic (exact) mass is 364 g/mol. The number of nitrogens with one attached hydrogen (secondary N) is 2. The van der Waals surface area contributed by atoms with Crippen molar-refractivity contribution in [2.75, 3.05) is 5.75 Å². The first-order valence-corrected chi connectivity index (χ1v) is 9.42. The van der Waals surface area contributed by atoms with Gasteiger partial charge in [0.15, 0.2) is 9.84 Å². The van der Waals surface area contributed by atoms with E-state index < -0.39 is 27.0 Å². The van der Waals surface area contributed by atoms with E-state index in [9.17, 15) is 22.8 Å². The van der Waals surface area contributed by atoms with E-state index in [0.717, 1.165) is 17.2 Å². The minimum atomic E-state index is -3.22. The second-order valence-electron chi connectivity index (χ2n) is 5.21. The molecule has 2 aliphatic heterocycles. The van der Waals surface area contributed by atoms with Crippen molar-refractivity contribution in [1.82, 2.24) is 10.6 Å². The highest BCUT2D eigenvalue weighted by atomic mass is 32.2. The minimum absolute atomic E-state index is 0.136. The van der Waals surface area contributed by atoms with Gasteiger partial charge in [0.05, 0.1) is 16.7 Å². The molecule has 1 aromatic rings. The zero-order chi connectivity index (χ0) is 17.3. The molecule has 1 fully saturated rings. The molecule has 1 aromatic carbocycles. The van der Waals surface area contributed by atoms with Gasteiger partial charge in [-0.15, -0.1) is 0 Å². The lowest BCUT2D eigenvalue weighted by molar-refractivity contribution is -0.115. The summed E-state index contributed by atoms with van der Waals surface area (Å²) >= 11 is 0.818. The molecular weight excluding hydrogens is 352 g/mol. The Morgan fingerprint density at radius 2 is 1.96 bits per heavy atom. The van der Waals surface area contributed by atoms with Crippen LogP contribution in [0.25, 0.3) is 6.08 Å². The van der Waals surface area contributed by atoms with Crippen LogP contribution in [-0.2, 0) is 14.6 Å². The molecule has 2 N–H and O–H groups in total. The molecule has 2 heterocycles. The first-order chi connectivity index (χ1) is 11.3. The first-order valence-electron chi connectivity index (χ1n) is 6.89. The van der Waals surface area contributed by atoms with Crippen molar-refractivity contribution in [2.45, 2.75) is 6.04 Å². The van der Waals surface area contributed by atoms with Crippen LogP contribution in [-0.4, -0.2) is 37.3 Å². The van der Waals surface area contributed by atoms with Crippen molar-refractivity contribution in [2.24, 2.45) is 0 Å². The normalized spacial score (nSPS) is 23.5. The Morgan fingerprint density at radius 3 is 2.50 bits per heavy atom. The molecule has 0 spiro atoms. The fourth-order valence-corrected chi connectivity index (χ4v) is 4.14. The fraction of sp³-hybridized carbons (Fsp3) is 0.133. The maximum Gasteiger partial charge on any atom is 0.290 e. The largest absolute Gasteiger partial charge is 0.345 e. The summed E-state index contributed by atoms with van der Waals surface area (Å²) in [5, 5.41) is 5.46. The Hall–Kier alpha value is -2.39. The number of carbonyl (C=O) groups excluding carboxylic acids is 3. The van der Waals surface area contributed by atoms with Crippen LogP contribution in [0.4, 0.5) is 4.79 Å². The van der Waals surface area contributed by atoms with Gasteiger partial charge in [0.2, 0.25) is 0 Å². The zero-order valence-electron chi connectivity index (χ0n) is 12.2. The minimum Gasteiger partial charge on any atom is -0.345 e. The summed E-state index contributed by atoms with van der Waals surface area (Å²) < 4.78 is 22.6. The lowest BCUT2D eigenvalue weighted by Crippen LogP contribution is -2.35. The van der Waals surface area contributed by atoms with Crippen molar-refractivity contribution >= 4 is 44.7 Å². The van der Waals surface area contributed by atoms with Crippen molar-refractivity contribution in [3.63, 3.8) is 0 Å². The van der Waals surface area contributed by atoms with Crippen LogP contribution in [0.15, 0.2) is 40.7 Å². The first kappa shape index (κ1) is 16.5. The summed E-state index contributed by atoms with van der Waals surface area (Å²) in [4.78, 5) is 35.0. The van der Waals surface area contributed by atoms with Crippen molar-refractivity contribution in [3.8, 4) is 0 Å². The molecule has 1 atom stereocenters. The zero-order valence-corrected chi connectivity index (χ0v) is 13.8. The van der Waals surface area contributed by atoms with Crippen LogP contribution < -0.4 is 10.6 Å². The Kier molecular flexibility index (Phi) is 4.29. The highest BCUT2D eigenvalue weighted by molar-refractivity contribution is 8.18. The van der Waals surface area contributed by atoms with E-state index >= 15 is 0 Å². The Bertz CT molecular complexity index is 885. The number of amides is 3. The SMILES string of the molecule is O=C1NC(=O)C(=Cc2ccc(C(=O)NC3C=CS(=O)(=O)C3)cc2)S1. The highest BCUT2D eigenvalue weighted by Gasteiger charge is 2.25. The van der Waals surface area contributed by atoms with E-state index in [2.05, 4.69) is 10.6 Å². The average Bonchev–Trinajstić information content (AvgIpc) is 3.01. The van der Waals surface area contributed by atoms with Gasteiger partial charge in [0, 0.05) is 11.0 Å². The number of carbonyl (C=O) groups is 3. The third kappa shape index (κ3) is 3.74. The van der Waals surface area contributed by atoms with Gasteiger partial charge >= 0.3 is 0 Å². The van der Waals surface area contributed by atoms with Gasteiger partial charge < -0.3 is 5.32 Å². The van der Waals surface area contributed by atoms with Gasteiger partial charge in [-0.05, 0) is 41.6 Å². The molecule has 7 nitrogen and oxygen atoms in total. The molecular formula is C15H12N2O5S2. The summed E-state index contributed by atoms with van der Waals surface area (Å²) in [6.07, 6.45) is 3.00. The van der Waals surface area contributed by atoms with Crippen LogP contribution in [0.1, 0.15) is 15.9 Å². The third-order valence-electron chi connectivity index (χ3n) is 3.36. The number of rotatable bonds is 3. The summed E-state index contributed by atoms with van der Waals surface area (Å²) in [5.41, 5.74) is 1.04. The van der Waals surface area contributed by atoms with Crippen molar-refractivity contribution < 1.29 is 22.8 Å². The molecule has 3 amide bonds. The predicted octanol–water partition coefficient (Wildman–Crippen LogP) is 1.05. The Labute approximate surface area is 142 Å². The summed E-state index contributed by atoms with van der Waals surface area (Å²) in [7, 11) is -3.22. The molecule has 0 radical (unpaired) electrons. The maximum absolute atomic E-state index is 12.1. The van der Waals surface area contributed by atoms with E-state index in [4.69, 9.17) is 0 Å². The van der Waals surface area contributed by atoms with Crippen molar-refractivity contribution in [1.29, 1.82) is 0 Å². The highest BCUT2D eigenvalue weighted by Crippen LogP contribution is 2.25. The van der Waals surface area contributed by atoms with Gasteiger partial charge in [-0.25, -0.2) is 8.42 Å². The van der Waals surface area contributed by atoms with Gasteiger partial charge in [-0.3, -0.25) is 19.7 Å². The van der Waals surface area contributed by atoms with E-state index in [1.54, 1.807) is 30.3 Å². The second-order valence-corrected chi connectivity index (χ2v) is 8.16. The molecule has 1 saturated heterocycles. The van der Waals surface area contributed by atoms with Gasteiger partial charge in [0.25, 0.3) is 17.1 Å². The van der Waals surface area contributed by atoms with Crippen LogP contribution in [0, 0.1) is 0 Å². The molecule has 0 aliphatic carbocycles. The van der Waals surface area contributed by atoms with Crippen LogP contribution in [0.3, 0.4) is 0 Å². The summed E-state index contributed by atoms with van der Waals surface area (Å²) in [6, 6.07) is 5.87. The number of hydrogen-bond donors (Lipinski definition) is 2. The smallest absolute Gasteiger partial charge is 0.290 e. The average molecular weight is 364 g/mol. The molecule has 0 bridgehead atoms. The lowest BCUT2D eigenvalue weighted by Gasteiger charge is -2.10. The number of imide groups is 1. The van der Waals surface area contributed by atoms with E-state index in [0.29, 0.717) is 16.0 Å². The Balaban J connectivity index is 1.67. The summed E-state index contributed by atoms with van der Waals surface area (Å²) in [6.45, 7) is 0. The molecule has 124 valence electrons. The predicted molar refractivity (Wildman–Crippen MR) is 89.7 cm³/mol. The molecule has 3 rings (SSSR count). The van der Waals surface area contributed by atoms with Crippen LogP contribution >= 0.6 is 11.8 Å². The van der Waals surface area contributed by atoms with Gasteiger partial charge in [-0.1, -0.05) is 12.1 Å². The topological polar surface area (TPSA) is 109 Å². The number of benzene rings is 1. The van der Waals surface area contributed by atoms with E-state index in [1.807, 2.05) is 0 Å². The number of hydrogen-bond acceptors (Lipinski definition) is 6. The molecule has 0 saturated carbocycles. The summed E-state index contributed by atoms with van der Waals surface area (Å²) in [5.74, 6) is -0.964.